The van der Waals surface area contributed by atoms with Gasteiger partial charge in [-0.25, -0.2) is 9.59 Å². The summed E-state index contributed by atoms with van der Waals surface area (Å²) < 4.78 is 45.7. The summed E-state index contributed by atoms with van der Waals surface area (Å²) in [6, 6.07) is 7.24. The molecule has 2 fully saturated rings. The van der Waals surface area contributed by atoms with Crippen LogP contribution >= 0.6 is 0 Å². The van der Waals surface area contributed by atoms with E-state index in [4.69, 9.17) is 0 Å². The molecule has 5 rings (SSSR count). The van der Waals surface area contributed by atoms with Gasteiger partial charge < -0.3 is 9.64 Å². The van der Waals surface area contributed by atoms with Crippen LogP contribution in [0.1, 0.15) is 24.8 Å². The average molecular weight is 504 g/mol. The fourth-order valence-electron chi connectivity index (χ4n) is 4.32. The van der Waals surface area contributed by atoms with Crippen LogP contribution in [0.15, 0.2) is 39.4 Å². The number of carbonyl (C=O) groups is 1. The van der Waals surface area contributed by atoms with Crippen molar-refractivity contribution in [1.29, 1.82) is 0 Å². The van der Waals surface area contributed by atoms with E-state index in [9.17, 15) is 27.6 Å². The van der Waals surface area contributed by atoms with E-state index < -0.39 is 29.6 Å². The Morgan fingerprint density at radius 2 is 1.97 bits per heavy atom. The van der Waals surface area contributed by atoms with Gasteiger partial charge in [0.1, 0.15) is 0 Å². The van der Waals surface area contributed by atoms with E-state index in [0.717, 1.165) is 30.4 Å². The molecule has 1 atom stereocenters. The number of nitrogens with one attached hydrogen (secondary N) is 2. The number of anilines is 1. The molecule has 13 heteroatoms. The Morgan fingerprint density at radius 1 is 1.22 bits per heavy atom. The van der Waals surface area contributed by atoms with Gasteiger partial charge in [0, 0.05) is 19.3 Å². The number of alkyl halides is 3. The van der Waals surface area contributed by atoms with E-state index >= 15 is 0 Å². The molecule has 1 saturated heterocycles. The molecule has 3 aromatic rings. The second kappa shape index (κ2) is 8.97. The zero-order valence-corrected chi connectivity index (χ0v) is 19.3. The average Bonchev–Trinajstić information content (AvgIpc) is 3.18. The van der Waals surface area contributed by atoms with Crippen molar-refractivity contribution in [1.82, 2.24) is 24.4 Å². The SMILES string of the molecule is Cc1ccccc1-n1c(N2CCNC(OC(=O)C(F)(F)F)C2)nc2c1c(=O)[nH]c(=O)n2C=C1CCC1. The number of aromatic nitrogens is 4. The third-order valence-corrected chi connectivity index (χ3v) is 6.29. The van der Waals surface area contributed by atoms with Crippen molar-refractivity contribution in [3.8, 4) is 5.69 Å². The molecule has 1 aliphatic heterocycles. The summed E-state index contributed by atoms with van der Waals surface area (Å²) in [5.41, 5.74) is 1.44. The van der Waals surface area contributed by atoms with Crippen molar-refractivity contribution < 1.29 is 22.7 Å². The summed E-state index contributed by atoms with van der Waals surface area (Å²) in [5, 5.41) is 2.75. The molecular weight excluding hydrogens is 481 g/mol. The van der Waals surface area contributed by atoms with Crippen LogP contribution in [-0.4, -0.2) is 57.1 Å². The summed E-state index contributed by atoms with van der Waals surface area (Å²) in [6.45, 7) is 2.19. The summed E-state index contributed by atoms with van der Waals surface area (Å²) in [7, 11) is 0. The highest BCUT2D eigenvalue weighted by Crippen LogP contribution is 2.30. The Kier molecular flexibility index (Phi) is 5.94. The lowest BCUT2D eigenvalue weighted by Crippen LogP contribution is -2.54. The van der Waals surface area contributed by atoms with Crippen molar-refractivity contribution in [2.75, 3.05) is 24.5 Å². The van der Waals surface area contributed by atoms with Crippen LogP contribution in [0, 0.1) is 6.92 Å². The van der Waals surface area contributed by atoms with E-state index in [1.54, 1.807) is 27.8 Å². The fourth-order valence-corrected chi connectivity index (χ4v) is 4.32. The van der Waals surface area contributed by atoms with Crippen molar-refractivity contribution >= 4 is 29.3 Å². The Hall–Kier alpha value is -3.87. The van der Waals surface area contributed by atoms with Gasteiger partial charge in [-0.05, 0) is 37.8 Å². The minimum Gasteiger partial charge on any atom is -0.438 e. The topological polar surface area (TPSA) is 114 Å². The Morgan fingerprint density at radius 3 is 2.64 bits per heavy atom. The number of hydrogen-bond donors (Lipinski definition) is 2. The predicted octanol–water partition coefficient (Wildman–Crippen LogP) is 2.05. The monoisotopic (exact) mass is 504 g/mol. The molecule has 0 radical (unpaired) electrons. The highest BCUT2D eigenvalue weighted by atomic mass is 19.4. The van der Waals surface area contributed by atoms with Crippen molar-refractivity contribution in [3.05, 3.63) is 56.2 Å². The molecule has 1 saturated carbocycles. The van der Waals surface area contributed by atoms with Crippen molar-refractivity contribution in [3.63, 3.8) is 0 Å². The number of ether oxygens (including phenoxy) is 1. The predicted molar refractivity (Wildman–Crippen MR) is 125 cm³/mol. The number of hydrogen-bond acceptors (Lipinski definition) is 7. The minimum absolute atomic E-state index is 0.123. The molecule has 10 nitrogen and oxygen atoms in total. The summed E-state index contributed by atoms with van der Waals surface area (Å²) in [5.74, 6) is -2.06. The van der Waals surface area contributed by atoms with Crippen molar-refractivity contribution in [2.24, 2.45) is 0 Å². The zero-order chi connectivity index (χ0) is 25.6. The first-order valence-corrected chi connectivity index (χ1v) is 11.4. The number of fused-ring (bicyclic) bond motifs is 1. The maximum absolute atomic E-state index is 13.1. The first-order valence-electron chi connectivity index (χ1n) is 11.4. The van der Waals surface area contributed by atoms with E-state index in [-0.39, 0.29) is 30.2 Å². The Balaban J connectivity index is 1.67. The van der Waals surface area contributed by atoms with E-state index in [1.165, 1.54) is 4.57 Å². The molecule has 36 heavy (non-hydrogen) atoms. The largest absolute Gasteiger partial charge is 0.490 e. The van der Waals surface area contributed by atoms with Gasteiger partial charge >= 0.3 is 17.8 Å². The lowest BCUT2D eigenvalue weighted by atomic mass is 9.93. The van der Waals surface area contributed by atoms with Crippen LogP contribution < -0.4 is 21.5 Å². The second-order valence-corrected chi connectivity index (χ2v) is 8.77. The normalized spacial score (nSPS) is 18.3. The molecule has 3 heterocycles. The van der Waals surface area contributed by atoms with Gasteiger partial charge in [0.15, 0.2) is 17.4 Å². The molecule has 0 spiro atoms. The Labute approximate surface area is 202 Å². The number of halogens is 3. The number of piperazine rings is 1. The van der Waals surface area contributed by atoms with Crippen LogP contribution in [0.5, 0.6) is 0 Å². The van der Waals surface area contributed by atoms with Crippen LogP contribution in [0.3, 0.4) is 0 Å². The van der Waals surface area contributed by atoms with E-state index in [0.29, 0.717) is 12.2 Å². The molecule has 2 aromatic heterocycles. The summed E-state index contributed by atoms with van der Waals surface area (Å²) in [6.07, 6.45) is -2.03. The van der Waals surface area contributed by atoms with E-state index in [2.05, 4.69) is 20.0 Å². The van der Waals surface area contributed by atoms with Gasteiger partial charge in [0.05, 0.1) is 12.2 Å². The number of benzene rings is 1. The second-order valence-electron chi connectivity index (χ2n) is 8.77. The van der Waals surface area contributed by atoms with Gasteiger partial charge in [-0.2, -0.15) is 18.2 Å². The van der Waals surface area contributed by atoms with Gasteiger partial charge in [-0.1, -0.05) is 23.8 Å². The number of aromatic amines is 1. The number of H-pyrrole nitrogens is 1. The number of aryl methyl sites for hydroxylation is 1. The molecule has 1 aliphatic carbocycles. The number of imidazole rings is 1. The number of para-hydroxylation sites is 1. The quantitative estimate of drug-likeness (QED) is 0.523. The molecule has 2 aliphatic rings. The van der Waals surface area contributed by atoms with E-state index in [1.807, 2.05) is 19.1 Å². The third-order valence-electron chi connectivity index (χ3n) is 6.29. The lowest BCUT2D eigenvalue weighted by Gasteiger charge is -2.34. The number of rotatable bonds is 4. The maximum Gasteiger partial charge on any atom is 0.490 e. The molecular formula is C23H23F3N6O4. The highest BCUT2D eigenvalue weighted by Gasteiger charge is 2.43. The smallest absolute Gasteiger partial charge is 0.438 e. The van der Waals surface area contributed by atoms with Crippen LogP contribution in [0.2, 0.25) is 0 Å². The first kappa shape index (κ1) is 23.9. The maximum atomic E-state index is 13.1. The zero-order valence-electron chi connectivity index (χ0n) is 19.3. The molecule has 190 valence electrons. The van der Waals surface area contributed by atoms with Gasteiger partial charge in [-0.3, -0.25) is 24.2 Å². The van der Waals surface area contributed by atoms with Gasteiger partial charge in [0.2, 0.25) is 5.95 Å². The minimum atomic E-state index is -5.13. The Bertz CT molecular complexity index is 1480. The number of esters is 1. The van der Waals surface area contributed by atoms with Crippen LogP contribution in [0.4, 0.5) is 19.1 Å². The third kappa shape index (κ3) is 4.30. The van der Waals surface area contributed by atoms with Crippen molar-refractivity contribution in [2.45, 2.75) is 38.6 Å². The standard InChI is InChI=1S/C23H23F3N6O4/c1-13-5-2-3-8-15(13)32-17-18(31(11-14-6-4-7-14)22(35)29-19(17)33)28-21(32)30-10-9-27-16(12-30)36-20(34)23(24,25)26/h2-3,5,8,11,16,27H,4,6-7,9-10,12H2,1H3,(H,29,33,35). The summed E-state index contributed by atoms with van der Waals surface area (Å²) in [4.78, 5) is 45.8. The molecule has 0 bridgehead atoms. The number of carbonyl (C=O) groups excluding carboxylic acids is 1. The first-order chi connectivity index (χ1) is 17.1. The lowest BCUT2D eigenvalue weighted by molar-refractivity contribution is -0.206. The molecule has 0 amide bonds. The van der Waals surface area contributed by atoms with Gasteiger partial charge in [0.25, 0.3) is 5.56 Å². The van der Waals surface area contributed by atoms with Gasteiger partial charge in [-0.15, -0.1) is 0 Å². The molecule has 2 N–H and O–H groups in total. The number of allylic oxidation sites excluding steroid dienone is 1. The highest BCUT2D eigenvalue weighted by molar-refractivity contribution is 5.80. The fraction of sp³-hybridized carbons (Fsp3) is 0.391. The van der Waals surface area contributed by atoms with Crippen LogP contribution in [-0.2, 0) is 9.53 Å². The summed E-state index contributed by atoms with van der Waals surface area (Å²) >= 11 is 0. The van der Waals surface area contributed by atoms with Crippen LogP contribution in [0.25, 0.3) is 23.1 Å². The number of nitrogens with zero attached hydrogens (tertiary/aromatic N) is 4. The molecule has 1 aromatic carbocycles. The molecule has 1 unspecified atom stereocenters.